The van der Waals surface area contributed by atoms with E-state index in [2.05, 4.69) is 9.72 Å². The summed E-state index contributed by atoms with van der Waals surface area (Å²) < 4.78 is 66.9. The molecule has 1 heterocycles. The van der Waals surface area contributed by atoms with Gasteiger partial charge in [-0.3, -0.25) is 4.98 Å². The monoisotopic (exact) mass is 303 g/mol. The Kier molecular flexibility index (Phi) is 4.11. The third kappa shape index (κ3) is 3.68. The number of rotatable bonds is 3. The topological polar surface area (TPSA) is 22.1 Å². The number of benzene rings is 1. The highest BCUT2D eigenvalue weighted by molar-refractivity contribution is 5.35. The zero-order valence-electron chi connectivity index (χ0n) is 10.8. The lowest BCUT2D eigenvalue weighted by Crippen LogP contribution is -2.18. The highest BCUT2D eigenvalue weighted by Gasteiger charge is 2.32. The summed E-state index contributed by atoms with van der Waals surface area (Å²) >= 11 is 0. The zero-order chi connectivity index (χ0) is 15.6. The van der Waals surface area contributed by atoms with Crippen molar-refractivity contribution in [2.24, 2.45) is 0 Å². The van der Waals surface area contributed by atoms with E-state index in [9.17, 15) is 22.0 Å². The van der Waals surface area contributed by atoms with Gasteiger partial charge in [0.1, 0.15) is 5.82 Å². The van der Waals surface area contributed by atoms with Crippen LogP contribution in [-0.4, -0.2) is 11.3 Å². The Morgan fingerprint density at radius 3 is 2.38 bits per heavy atom. The van der Waals surface area contributed by atoms with Crippen molar-refractivity contribution in [3.05, 3.63) is 59.4 Å². The smallest absolute Gasteiger partial charge is 0.403 e. The molecule has 0 saturated heterocycles. The molecule has 0 aliphatic heterocycles. The van der Waals surface area contributed by atoms with Gasteiger partial charge in [0.15, 0.2) is 11.6 Å². The van der Waals surface area contributed by atoms with Gasteiger partial charge in [-0.2, -0.15) is 0 Å². The van der Waals surface area contributed by atoms with Gasteiger partial charge in [0, 0.05) is 12.1 Å². The average molecular weight is 303 g/mol. The van der Waals surface area contributed by atoms with Crippen LogP contribution in [0.3, 0.4) is 0 Å². The van der Waals surface area contributed by atoms with Crippen molar-refractivity contribution in [3.8, 4) is 5.75 Å². The molecule has 0 radical (unpaired) electrons. The van der Waals surface area contributed by atoms with Crippen LogP contribution in [-0.2, 0) is 0 Å². The molecule has 1 aromatic heterocycles. The van der Waals surface area contributed by atoms with E-state index < -0.39 is 29.7 Å². The molecule has 0 saturated carbocycles. The summed E-state index contributed by atoms with van der Waals surface area (Å²) in [5.41, 5.74) is 0.376. The van der Waals surface area contributed by atoms with E-state index in [0.29, 0.717) is 5.56 Å². The molecule has 2 nitrogen and oxygen atoms in total. The Bertz CT molecular complexity index is 642. The highest BCUT2D eigenvalue weighted by Crippen LogP contribution is 2.30. The number of hydrogen-bond acceptors (Lipinski definition) is 2. The maximum Gasteiger partial charge on any atom is 0.573 e. The van der Waals surface area contributed by atoms with E-state index in [1.807, 2.05) is 0 Å². The minimum atomic E-state index is -4.97. The van der Waals surface area contributed by atoms with Crippen molar-refractivity contribution in [2.45, 2.75) is 19.2 Å². The lowest BCUT2D eigenvalue weighted by molar-refractivity contribution is -0.275. The largest absolute Gasteiger partial charge is 0.573 e. The Labute approximate surface area is 117 Å². The normalized spacial score (nSPS) is 13.0. The van der Waals surface area contributed by atoms with E-state index in [0.717, 1.165) is 12.1 Å². The maximum atomic E-state index is 13.6. The minimum Gasteiger partial charge on any atom is -0.403 e. The van der Waals surface area contributed by atoms with E-state index in [4.69, 9.17) is 0 Å². The molecule has 0 N–H and O–H groups in total. The average Bonchev–Trinajstić information content (AvgIpc) is 2.39. The predicted octanol–water partition coefficient (Wildman–Crippen LogP) is 4.41. The van der Waals surface area contributed by atoms with Crippen LogP contribution in [0.15, 0.2) is 36.5 Å². The lowest BCUT2D eigenvalue weighted by Gasteiger charge is -2.14. The van der Waals surface area contributed by atoms with Crippen LogP contribution >= 0.6 is 0 Å². The second-order valence-electron chi connectivity index (χ2n) is 4.33. The first-order chi connectivity index (χ1) is 9.78. The van der Waals surface area contributed by atoms with E-state index >= 15 is 0 Å². The molecule has 2 rings (SSSR count). The fraction of sp³-hybridized carbons (Fsp3) is 0.214. The first-order valence-corrected chi connectivity index (χ1v) is 5.93. The highest BCUT2D eigenvalue weighted by atomic mass is 19.4. The van der Waals surface area contributed by atoms with Crippen LogP contribution in [0.4, 0.5) is 22.0 Å². The van der Waals surface area contributed by atoms with Crippen molar-refractivity contribution >= 4 is 0 Å². The molecular formula is C14H10F5NO. The number of hydrogen-bond donors (Lipinski definition) is 0. The summed E-state index contributed by atoms with van der Waals surface area (Å²) in [7, 11) is 0. The number of aromatic nitrogens is 1. The minimum absolute atomic E-state index is 0.0846. The van der Waals surface area contributed by atoms with Gasteiger partial charge < -0.3 is 4.74 Å². The number of ether oxygens (including phenoxy) is 1. The maximum absolute atomic E-state index is 13.6. The molecule has 21 heavy (non-hydrogen) atoms. The molecule has 2 aromatic rings. The molecule has 0 amide bonds. The molecule has 0 fully saturated rings. The van der Waals surface area contributed by atoms with Crippen LogP contribution in [0.25, 0.3) is 0 Å². The fourth-order valence-electron chi connectivity index (χ4n) is 1.87. The number of halogens is 5. The van der Waals surface area contributed by atoms with Crippen molar-refractivity contribution in [3.63, 3.8) is 0 Å². The van der Waals surface area contributed by atoms with Gasteiger partial charge in [-0.05, 0) is 29.8 Å². The molecule has 0 spiro atoms. The van der Waals surface area contributed by atoms with Gasteiger partial charge in [-0.15, -0.1) is 13.2 Å². The SMILES string of the molecule is C[C@@H](c1ccc(OC(F)(F)F)c(F)c1)c1ncccc1F. The summed E-state index contributed by atoms with van der Waals surface area (Å²) in [6, 6.07) is 5.58. The van der Waals surface area contributed by atoms with E-state index in [-0.39, 0.29) is 5.69 Å². The van der Waals surface area contributed by atoms with Crippen LogP contribution in [0.5, 0.6) is 5.75 Å². The first-order valence-electron chi connectivity index (χ1n) is 5.93. The third-order valence-electron chi connectivity index (χ3n) is 2.88. The summed E-state index contributed by atoms with van der Waals surface area (Å²) in [5.74, 6) is -3.28. The molecule has 0 unspecified atom stereocenters. The Morgan fingerprint density at radius 1 is 1.10 bits per heavy atom. The van der Waals surface area contributed by atoms with E-state index in [1.165, 1.54) is 24.4 Å². The van der Waals surface area contributed by atoms with Crippen molar-refractivity contribution in [2.75, 3.05) is 0 Å². The van der Waals surface area contributed by atoms with E-state index in [1.54, 1.807) is 6.92 Å². The molecule has 112 valence electrons. The van der Waals surface area contributed by atoms with Gasteiger partial charge in [0.2, 0.25) is 0 Å². The first kappa shape index (κ1) is 15.2. The summed E-state index contributed by atoms with van der Waals surface area (Å²) in [6.45, 7) is 1.57. The van der Waals surface area contributed by atoms with Crippen LogP contribution < -0.4 is 4.74 Å². The van der Waals surface area contributed by atoms with Crippen LogP contribution in [0, 0.1) is 11.6 Å². The van der Waals surface area contributed by atoms with Crippen molar-refractivity contribution in [1.29, 1.82) is 0 Å². The standard InChI is InChI=1S/C14H10F5NO/c1-8(13-10(15)3-2-6-20-13)9-4-5-12(11(16)7-9)21-14(17,18)19/h2-8H,1H3/t8-/m0/s1. The second kappa shape index (κ2) is 5.67. The van der Waals surface area contributed by atoms with Crippen LogP contribution in [0.2, 0.25) is 0 Å². The Hall–Kier alpha value is -2.18. The number of pyridine rings is 1. The zero-order valence-corrected chi connectivity index (χ0v) is 10.8. The van der Waals surface area contributed by atoms with Crippen molar-refractivity contribution < 1.29 is 26.7 Å². The predicted molar refractivity (Wildman–Crippen MR) is 64.8 cm³/mol. The second-order valence-corrected chi connectivity index (χ2v) is 4.33. The fourth-order valence-corrected chi connectivity index (χ4v) is 1.87. The third-order valence-corrected chi connectivity index (χ3v) is 2.88. The quantitative estimate of drug-likeness (QED) is 0.784. The van der Waals surface area contributed by atoms with Crippen molar-refractivity contribution in [1.82, 2.24) is 4.98 Å². The number of nitrogens with zero attached hydrogens (tertiary/aromatic N) is 1. The summed E-state index contributed by atoms with van der Waals surface area (Å²) in [6.07, 6.45) is -3.59. The van der Waals surface area contributed by atoms with Gasteiger partial charge >= 0.3 is 6.36 Å². The Balaban J connectivity index is 2.30. The molecule has 7 heteroatoms. The molecule has 1 aromatic carbocycles. The number of alkyl halides is 3. The van der Waals surface area contributed by atoms with Gasteiger partial charge in [-0.1, -0.05) is 13.0 Å². The van der Waals surface area contributed by atoms with Crippen LogP contribution in [0.1, 0.15) is 24.1 Å². The summed E-state index contributed by atoms with van der Waals surface area (Å²) in [4.78, 5) is 3.86. The van der Waals surface area contributed by atoms with Gasteiger partial charge in [0.05, 0.1) is 5.69 Å². The molecular weight excluding hydrogens is 293 g/mol. The molecule has 0 bridgehead atoms. The Morgan fingerprint density at radius 2 is 1.81 bits per heavy atom. The lowest BCUT2D eigenvalue weighted by atomic mass is 9.96. The van der Waals surface area contributed by atoms with Gasteiger partial charge in [0.25, 0.3) is 0 Å². The molecule has 0 aliphatic rings. The summed E-state index contributed by atoms with van der Waals surface area (Å²) in [5, 5.41) is 0. The molecule has 0 aliphatic carbocycles. The molecule has 1 atom stereocenters. The van der Waals surface area contributed by atoms with Gasteiger partial charge in [-0.25, -0.2) is 8.78 Å².